The van der Waals surface area contributed by atoms with Gasteiger partial charge in [-0.15, -0.1) is 12.4 Å². The quantitative estimate of drug-likeness (QED) is 0.891. The van der Waals surface area contributed by atoms with Crippen LogP contribution in [0.1, 0.15) is 19.4 Å². The highest BCUT2D eigenvalue weighted by Crippen LogP contribution is 2.24. The van der Waals surface area contributed by atoms with Gasteiger partial charge in [0.25, 0.3) is 0 Å². The Bertz CT molecular complexity index is 549. The summed E-state index contributed by atoms with van der Waals surface area (Å²) in [6.45, 7) is 5.84. The zero-order chi connectivity index (χ0) is 14.6. The van der Waals surface area contributed by atoms with Crippen LogP contribution in [0.2, 0.25) is 0 Å². The molecular weight excluding hydrogens is 312 g/mol. The van der Waals surface area contributed by atoms with Crippen LogP contribution in [0.25, 0.3) is 0 Å². The number of ether oxygens (including phenoxy) is 1. The highest BCUT2D eigenvalue weighted by Gasteiger charge is 2.25. The molecule has 1 aromatic rings. The van der Waals surface area contributed by atoms with Gasteiger partial charge in [0.1, 0.15) is 0 Å². The summed E-state index contributed by atoms with van der Waals surface area (Å²) in [4.78, 5) is 0. The van der Waals surface area contributed by atoms with Crippen molar-refractivity contribution in [3.8, 4) is 0 Å². The largest absolute Gasteiger partial charge is 0.378 e. The van der Waals surface area contributed by atoms with E-state index in [4.69, 9.17) is 4.74 Å². The number of hydrogen-bond acceptors (Lipinski definition) is 4. The number of anilines is 1. The topological polar surface area (TPSA) is 58.6 Å². The van der Waals surface area contributed by atoms with E-state index in [1.165, 1.54) is 4.31 Å². The molecule has 0 saturated carbocycles. The molecule has 0 atom stereocenters. The minimum Gasteiger partial charge on any atom is -0.378 e. The Morgan fingerprint density at radius 3 is 2.76 bits per heavy atom. The lowest BCUT2D eigenvalue weighted by atomic mass is 10.2. The van der Waals surface area contributed by atoms with E-state index in [0.717, 1.165) is 11.3 Å². The Balaban J connectivity index is 0.00000220. The molecule has 1 heterocycles. The van der Waals surface area contributed by atoms with Crippen molar-refractivity contribution in [1.29, 1.82) is 0 Å². The molecule has 21 heavy (non-hydrogen) atoms. The van der Waals surface area contributed by atoms with Gasteiger partial charge in [-0.2, -0.15) is 0 Å². The number of hydrogen-bond donors (Lipinski definition) is 1. The van der Waals surface area contributed by atoms with Gasteiger partial charge in [-0.25, -0.2) is 8.42 Å². The molecule has 120 valence electrons. The second kappa shape index (κ2) is 7.98. The highest BCUT2D eigenvalue weighted by molar-refractivity contribution is 7.92. The maximum Gasteiger partial charge on any atom is 0.237 e. The number of sulfonamides is 1. The number of para-hydroxylation sites is 1. The minimum absolute atomic E-state index is 0. The fourth-order valence-electron chi connectivity index (χ4n) is 2.22. The molecule has 1 aromatic carbocycles. The first kappa shape index (κ1) is 18.2. The van der Waals surface area contributed by atoms with Gasteiger partial charge < -0.3 is 10.1 Å². The molecule has 0 amide bonds. The smallest absolute Gasteiger partial charge is 0.237 e. The molecule has 0 unspecified atom stereocenters. The van der Waals surface area contributed by atoms with E-state index < -0.39 is 10.0 Å². The van der Waals surface area contributed by atoms with E-state index in [-0.39, 0.29) is 30.9 Å². The number of halogens is 1. The van der Waals surface area contributed by atoms with Crippen LogP contribution in [0.15, 0.2) is 24.3 Å². The first-order valence-electron chi connectivity index (χ1n) is 6.91. The number of rotatable bonds is 5. The van der Waals surface area contributed by atoms with E-state index in [0.29, 0.717) is 19.6 Å². The summed E-state index contributed by atoms with van der Waals surface area (Å²) < 4.78 is 31.9. The van der Waals surface area contributed by atoms with Crippen LogP contribution >= 0.6 is 12.4 Å². The molecule has 5 nitrogen and oxygen atoms in total. The lowest BCUT2D eigenvalue weighted by molar-refractivity contribution is 0.0912. The van der Waals surface area contributed by atoms with Crippen molar-refractivity contribution >= 4 is 28.1 Å². The summed E-state index contributed by atoms with van der Waals surface area (Å²) in [5, 5.41) is 3.24. The minimum atomic E-state index is -3.35. The van der Waals surface area contributed by atoms with Crippen molar-refractivity contribution in [2.75, 3.05) is 29.8 Å². The second-order valence-electron chi connectivity index (χ2n) is 5.11. The van der Waals surface area contributed by atoms with E-state index in [1.54, 1.807) is 0 Å². The summed E-state index contributed by atoms with van der Waals surface area (Å²) in [5.41, 5.74) is 1.79. The molecule has 1 aliphatic heterocycles. The second-order valence-corrected chi connectivity index (χ2v) is 7.13. The van der Waals surface area contributed by atoms with Gasteiger partial charge in [-0.1, -0.05) is 18.2 Å². The predicted octanol–water partition coefficient (Wildman–Crippen LogP) is 1.77. The molecule has 2 rings (SSSR count). The first-order valence-corrected chi connectivity index (χ1v) is 8.52. The van der Waals surface area contributed by atoms with E-state index in [9.17, 15) is 8.42 Å². The predicted molar refractivity (Wildman–Crippen MR) is 87.6 cm³/mol. The van der Waals surface area contributed by atoms with Crippen molar-refractivity contribution in [3.63, 3.8) is 0 Å². The molecule has 1 aliphatic rings. The van der Waals surface area contributed by atoms with Crippen molar-refractivity contribution in [3.05, 3.63) is 29.8 Å². The summed E-state index contributed by atoms with van der Waals surface area (Å²) in [5.74, 6) is 0.0134. The average molecular weight is 335 g/mol. The first-order chi connectivity index (χ1) is 9.50. The van der Waals surface area contributed by atoms with Crippen LogP contribution in [0, 0.1) is 0 Å². The van der Waals surface area contributed by atoms with Gasteiger partial charge in [0.15, 0.2) is 0 Å². The monoisotopic (exact) mass is 334 g/mol. The Hall–Kier alpha value is -0.820. The van der Waals surface area contributed by atoms with Gasteiger partial charge in [0, 0.05) is 19.6 Å². The third kappa shape index (κ3) is 4.85. The van der Waals surface area contributed by atoms with Crippen LogP contribution in [0.3, 0.4) is 0 Å². The van der Waals surface area contributed by atoms with Gasteiger partial charge in [0.05, 0.1) is 24.2 Å². The number of benzene rings is 1. The Labute approximate surface area is 133 Å². The fraction of sp³-hybridized carbons (Fsp3) is 0.571. The SMILES string of the molecule is CC(C)OCCS(=O)(=O)N1CCNCc2ccccc21.Cl. The summed E-state index contributed by atoms with van der Waals surface area (Å²) >= 11 is 0. The fourth-order valence-corrected chi connectivity index (χ4v) is 3.59. The van der Waals surface area contributed by atoms with Gasteiger partial charge in [0.2, 0.25) is 10.0 Å². The van der Waals surface area contributed by atoms with Gasteiger partial charge >= 0.3 is 0 Å². The molecule has 7 heteroatoms. The van der Waals surface area contributed by atoms with Crippen LogP contribution in [0.4, 0.5) is 5.69 Å². The Morgan fingerprint density at radius 2 is 2.05 bits per heavy atom. The average Bonchev–Trinajstić information content (AvgIpc) is 2.60. The zero-order valence-electron chi connectivity index (χ0n) is 12.4. The summed E-state index contributed by atoms with van der Waals surface area (Å²) in [6, 6.07) is 7.62. The van der Waals surface area contributed by atoms with Gasteiger partial charge in [-0.05, 0) is 25.5 Å². The van der Waals surface area contributed by atoms with Crippen molar-refractivity contribution < 1.29 is 13.2 Å². The van der Waals surface area contributed by atoms with Crippen molar-refractivity contribution in [2.24, 2.45) is 0 Å². The van der Waals surface area contributed by atoms with Crippen LogP contribution < -0.4 is 9.62 Å². The molecule has 0 radical (unpaired) electrons. The van der Waals surface area contributed by atoms with E-state index in [1.807, 2.05) is 38.1 Å². The van der Waals surface area contributed by atoms with Crippen LogP contribution in [-0.2, 0) is 21.3 Å². The van der Waals surface area contributed by atoms with E-state index >= 15 is 0 Å². The third-order valence-electron chi connectivity index (χ3n) is 3.20. The lowest BCUT2D eigenvalue weighted by Crippen LogP contribution is -2.37. The molecular formula is C14H23ClN2O3S. The highest BCUT2D eigenvalue weighted by atomic mass is 35.5. The Morgan fingerprint density at radius 1 is 1.33 bits per heavy atom. The number of nitrogens with one attached hydrogen (secondary N) is 1. The molecule has 0 bridgehead atoms. The Kier molecular flexibility index (Phi) is 6.93. The molecule has 0 aliphatic carbocycles. The molecule has 0 fully saturated rings. The zero-order valence-corrected chi connectivity index (χ0v) is 14.0. The number of fused-ring (bicyclic) bond motifs is 1. The van der Waals surface area contributed by atoms with Crippen LogP contribution in [-0.4, -0.2) is 40.0 Å². The molecule has 0 saturated heterocycles. The molecule has 1 N–H and O–H groups in total. The molecule has 0 aromatic heterocycles. The summed E-state index contributed by atoms with van der Waals surface area (Å²) in [6.07, 6.45) is 0.0447. The van der Waals surface area contributed by atoms with Crippen molar-refractivity contribution in [1.82, 2.24) is 5.32 Å². The normalized spacial score (nSPS) is 15.3. The maximum atomic E-state index is 12.5. The van der Waals surface area contributed by atoms with Crippen LogP contribution in [0.5, 0.6) is 0 Å². The van der Waals surface area contributed by atoms with Gasteiger partial charge in [-0.3, -0.25) is 4.31 Å². The maximum absolute atomic E-state index is 12.5. The lowest BCUT2D eigenvalue weighted by Gasteiger charge is -2.24. The van der Waals surface area contributed by atoms with E-state index in [2.05, 4.69) is 5.32 Å². The van der Waals surface area contributed by atoms with Crippen molar-refractivity contribution in [2.45, 2.75) is 26.5 Å². The molecule has 0 spiro atoms. The third-order valence-corrected chi connectivity index (χ3v) is 4.93. The summed E-state index contributed by atoms with van der Waals surface area (Å²) in [7, 11) is -3.35. The number of nitrogens with zero attached hydrogens (tertiary/aromatic N) is 1. The standard InChI is InChI=1S/C14H22N2O3S.ClH/c1-12(2)19-9-10-20(17,18)16-8-7-15-11-13-5-3-4-6-14(13)16;/h3-6,12,15H,7-11H2,1-2H3;1H.